The minimum absolute atomic E-state index is 0.0624. The summed E-state index contributed by atoms with van der Waals surface area (Å²) in [7, 11) is 3.32. The Balaban J connectivity index is 2.32. The molecule has 0 spiro atoms. The Morgan fingerprint density at radius 3 is 2.15 bits per heavy atom. The third kappa shape index (κ3) is 4.88. The number of benzene rings is 1. The first kappa shape index (κ1) is 21.0. The van der Waals surface area contributed by atoms with Crippen LogP contribution in [-0.4, -0.2) is 36.9 Å². The summed E-state index contributed by atoms with van der Waals surface area (Å²) in [5.74, 6) is -0.761. The standard InChI is InChI=1S/C19H21F3N2O2S/c1-12(2)24(18(26)15-10-27-11-16(15)19(20,21)22)14-7-5-13(6-8-14)9-17(25)23(3)4/h5-8,10-12H,9H2,1-4H3. The normalized spacial score (nSPS) is 11.6. The van der Waals surface area contributed by atoms with E-state index in [2.05, 4.69) is 0 Å². The molecule has 0 atom stereocenters. The molecule has 0 bridgehead atoms. The highest BCUT2D eigenvalue weighted by atomic mass is 32.1. The number of hydrogen-bond donors (Lipinski definition) is 0. The molecule has 4 nitrogen and oxygen atoms in total. The summed E-state index contributed by atoms with van der Waals surface area (Å²) in [6.07, 6.45) is -4.37. The van der Waals surface area contributed by atoms with Crippen LogP contribution in [0.25, 0.3) is 0 Å². The van der Waals surface area contributed by atoms with Gasteiger partial charge in [0.2, 0.25) is 5.91 Å². The monoisotopic (exact) mass is 398 g/mol. The van der Waals surface area contributed by atoms with E-state index in [1.54, 1.807) is 52.2 Å². The third-order valence-electron chi connectivity index (χ3n) is 4.00. The van der Waals surface area contributed by atoms with Crippen molar-refractivity contribution in [2.24, 2.45) is 0 Å². The van der Waals surface area contributed by atoms with E-state index in [0.29, 0.717) is 5.69 Å². The van der Waals surface area contributed by atoms with Crippen molar-refractivity contribution in [1.29, 1.82) is 0 Å². The van der Waals surface area contributed by atoms with Crippen molar-refractivity contribution >= 4 is 28.8 Å². The van der Waals surface area contributed by atoms with Gasteiger partial charge in [-0.15, -0.1) is 0 Å². The molecule has 27 heavy (non-hydrogen) atoms. The first-order chi connectivity index (χ1) is 12.5. The van der Waals surface area contributed by atoms with Gasteiger partial charge in [0.15, 0.2) is 0 Å². The fraction of sp³-hybridized carbons (Fsp3) is 0.368. The number of nitrogens with zero attached hydrogens (tertiary/aromatic N) is 2. The van der Waals surface area contributed by atoms with E-state index in [-0.39, 0.29) is 23.9 Å². The van der Waals surface area contributed by atoms with Crippen LogP contribution in [0.4, 0.5) is 18.9 Å². The second-order valence-corrected chi connectivity index (χ2v) is 7.34. The highest BCUT2D eigenvalue weighted by Gasteiger charge is 2.37. The fourth-order valence-electron chi connectivity index (χ4n) is 2.57. The Labute approximate surface area is 160 Å². The Hall–Kier alpha value is -2.35. The molecular formula is C19H21F3N2O2S. The van der Waals surface area contributed by atoms with Crippen molar-refractivity contribution in [2.75, 3.05) is 19.0 Å². The second-order valence-electron chi connectivity index (χ2n) is 6.60. The summed E-state index contributed by atoms with van der Waals surface area (Å²) in [5, 5.41) is 2.17. The summed E-state index contributed by atoms with van der Waals surface area (Å²) < 4.78 is 39.4. The molecule has 0 unspecified atom stereocenters. The van der Waals surface area contributed by atoms with Crippen molar-refractivity contribution in [3.05, 3.63) is 51.7 Å². The lowest BCUT2D eigenvalue weighted by Gasteiger charge is -2.27. The first-order valence-corrected chi connectivity index (χ1v) is 9.22. The number of hydrogen-bond acceptors (Lipinski definition) is 3. The topological polar surface area (TPSA) is 40.6 Å². The molecule has 1 aromatic carbocycles. The zero-order chi connectivity index (χ0) is 20.4. The number of thiophene rings is 1. The number of alkyl halides is 3. The van der Waals surface area contributed by atoms with Crippen molar-refractivity contribution in [3.63, 3.8) is 0 Å². The SMILES string of the molecule is CC(C)N(C(=O)c1cscc1C(F)(F)F)c1ccc(CC(=O)N(C)C)cc1. The lowest BCUT2D eigenvalue weighted by molar-refractivity contribution is -0.137. The predicted molar refractivity (Wildman–Crippen MR) is 100 cm³/mol. The van der Waals surface area contributed by atoms with Crippen LogP contribution in [0, 0.1) is 0 Å². The molecule has 0 aliphatic heterocycles. The molecule has 0 saturated heterocycles. The number of rotatable bonds is 5. The minimum Gasteiger partial charge on any atom is -0.349 e. The first-order valence-electron chi connectivity index (χ1n) is 8.28. The Kier molecular flexibility index (Phi) is 6.30. The van der Waals surface area contributed by atoms with Crippen LogP contribution in [0.3, 0.4) is 0 Å². The molecule has 0 fully saturated rings. The van der Waals surface area contributed by atoms with Gasteiger partial charge in [-0.2, -0.15) is 24.5 Å². The lowest BCUT2D eigenvalue weighted by Crippen LogP contribution is -2.37. The zero-order valence-corrected chi connectivity index (χ0v) is 16.3. The zero-order valence-electron chi connectivity index (χ0n) is 15.5. The number of anilines is 1. The van der Waals surface area contributed by atoms with E-state index in [9.17, 15) is 22.8 Å². The van der Waals surface area contributed by atoms with Gasteiger partial charge in [-0.05, 0) is 31.5 Å². The predicted octanol–water partition coefficient (Wildman–Crippen LogP) is 4.45. The highest BCUT2D eigenvalue weighted by molar-refractivity contribution is 7.08. The Morgan fingerprint density at radius 1 is 1.07 bits per heavy atom. The largest absolute Gasteiger partial charge is 0.417 e. The maximum absolute atomic E-state index is 13.1. The van der Waals surface area contributed by atoms with E-state index in [1.807, 2.05) is 0 Å². The summed E-state index contributed by atoms with van der Waals surface area (Å²) >= 11 is 0.848. The van der Waals surface area contributed by atoms with Gasteiger partial charge in [0.1, 0.15) is 0 Å². The average Bonchev–Trinajstić information content (AvgIpc) is 3.06. The van der Waals surface area contributed by atoms with Crippen LogP contribution in [0.1, 0.15) is 35.3 Å². The van der Waals surface area contributed by atoms with Crippen LogP contribution in [0.5, 0.6) is 0 Å². The van der Waals surface area contributed by atoms with E-state index >= 15 is 0 Å². The summed E-state index contributed by atoms with van der Waals surface area (Å²) in [6.45, 7) is 3.47. The molecule has 2 aromatic rings. The van der Waals surface area contributed by atoms with Crippen molar-refractivity contribution in [1.82, 2.24) is 4.90 Å². The summed E-state index contributed by atoms with van der Waals surface area (Å²) in [4.78, 5) is 27.4. The molecule has 0 aliphatic rings. The summed E-state index contributed by atoms with van der Waals surface area (Å²) in [6, 6.07) is 6.37. The summed E-state index contributed by atoms with van der Waals surface area (Å²) in [5.41, 5.74) is -0.0279. The number of carbonyl (C=O) groups is 2. The van der Waals surface area contributed by atoms with E-state index in [0.717, 1.165) is 22.3 Å². The van der Waals surface area contributed by atoms with Gasteiger partial charge in [0.05, 0.1) is 17.5 Å². The third-order valence-corrected chi connectivity index (χ3v) is 4.75. The molecule has 2 rings (SSSR count). The number of carbonyl (C=O) groups excluding carboxylic acids is 2. The molecule has 1 aromatic heterocycles. The van der Waals surface area contributed by atoms with Gasteiger partial charge in [0, 0.05) is 36.6 Å². The Morgan fingerprint density at radius 2 is 1.67 bits per heavy atom. The number of likely N-dealkylation sites (N-methyl/N-ethyl adjacent to an activating group) is 1. The Bertz CT molecular complexity index is 811. The number of halogens is 3. The van der Waals surface area contributed by atoms with Crippen LogP contribution >= 0.6 is 11.3 Å². The van der Waals surface area contributed by atoms with Gasteiger partial charge < -0.3 is 9.80 Å². The van der Waals surface area contributed by atoms with E-state index in [1.165, 1.54) is 15.2 Å². The van der Waals surface area contributed by atoms with E-state index in [4.69, 9.17) is 0 Å². The fourth-order valence-corrected chi connectivity index (χ4v) is 3.40. The maximum atomic E-state index is 13.1. The van der Waals surface area contributed by atoms with Crippen LogP contribution in [0.15, 0.2) is 35.0 Å². The molecule has 2 amide bonds. The number of amides is 2. The molecule has 146 valence electrons. The highest BCUT2D eigenvalue weighted by Crippen LogP contribution is 2.35. The van der Waals surface area contributed by atoms with Gasteiger partial charge >= 0.3 is 6.18 Å². The minimum atomic E-state index is -4.58. The van der Waals surface area contributed by atoms with Crippen molar-refractivity contribution in [2.45, 2.75) is 32.5 Å². The molecule has 0 saturated carbocycles. The van der Waals surface area contributed by atoms with Gasteiger partial charge in [-0.1, -0.05) is 12.1 Å². The van der Waals surface area contributed by atoms with Crippen molar-refractivity contribution < 1.29 is 22.8 Å². The van der Waals surface area contributed by atoms with Crippen LogP contribution < -0.4 is 4.90 Å². The van der Waals surface area contributed by atoms with Crippen molar-refractivity contribution in [3.8, 4) is 0 Å². The molecule has 1 heterocycles. The van der Waals surface area contributed by atoms with Gasteiger partial charge in [0.25, 0.3) is 5.91 Å². The van der Waals surface area contributed by atoms with E-state index < -0.39 is 17.6 Å². The second kappa shape index (κ2) is 8.12. The lowest BCUT2D eigenvalue weighted by atomic mass is 10.1. The van der Waals surface area contributed by atoms with Gasteiger partial charge in [-0.25, -0.2) is 0 Å². The molecule has 0 N–H and O–H groups in total. The smallest absolute Gasteiger partial charge is 0.349 e. The molecule has 8 heteroatoms. The molecule has 0 aliphatic carbocycles. The molecular weight excluding hydrogens is 377 g/mol. The van der Waals surface area contributed by atoms with Gasteiger partial charge in [-0.3, -0.25) is 9.59 Å². The molecule has 0 radical (unpaired) electrons. The van der Waals surface area contributed by atoms with Crippen LogP contribution in [-0.2, 0) is 17.4 Å². The maximum Gasteiger partial charge on any atom is 0.417 e. The average molecular weight is 398 g/mol. The quantitative estimate of drug-likeness (QED) is 0.747. The van der Waals surface area contributed by atoms with Crippen LogP contribution in [0.2, 0.25) is 0 Å².